The number of ether oxygens (including phenoxy) is 2. The van der Waals surface area contributed by atoms with Crippen molar-refractivity contribution in [1.29, 1.82) is 0 Å². The first kappa shape index (κ1) is 20.2. The van der Waals surface area contributed by atoms with Gasteiger partial charge in [-0.05, 0) is 68.9 Å². The van der Waals surface area contributed by atoms with Gasteiger partial charge in [0.15, 0.2) is 0 Å². The lowest BCUT2D eigenvalue weighted by molar-refractivity contribution is 0.271. The van der Waals surface area contributed by atoms with Crippen molar-refractivity contribution in [3.8, 4) is 11.5 Å². The van der Waals surface area contributed by atoms with Crippen LogP contribution in [0.25, 0.3) is 11.0 Å². The summed E-state index contributed by atoms with van der Waals surface area (Å²) in [6.45, 7) is 13.6. The third kappa shape index (κ3) is 4.84. The van der Waals surface area contributed by atoms with Gasteiger partial charge in [0.1, 0.15) is 23.9 Å². The highest BCUT2D eigenvalue weighted by molar-refractivity contribution is 5.76. The fourth-order valence-corrected chi connectivity index (χ4v) is 3.38. The number of hydrogen-bond acceptors (Lipinski definition) is 4. The molecule has 0 aliphatic carbocycles. The fraction of sp³-hybridized carbons (Fsp3) is 0.435. The smallest absolute Gasteiger partial charge is 0.148 e. The van der Waals surface area contributed by atoms with Crippen molar-refractivity contribution in [2.45, 2.75) is 40.8 Å². The quantitative estimate of drug-likeness (QED) is 0.512. The number of imidazole rings is 1. The lowest BCUT2D eigenvalue weighted by atomic mass is 10.2. The van der Waals surface area contributed by atoms with Crippen LogP contribution < -0.4 is 9.47 Å². The molecular weight excluding hydrogens is 350 g/mol. The molecule has 3 aromatic rings. The summed E-state index contributed by atoms with van der Waals surface area (Å²) >= 11 is 0. The monoisotopic (exact) mass is 381 g/mol. The zero-order valence-electron chi connectivity index (χ0n) is 17.4. The van der Waals surface area contributed by atoms with Crippen LogP contribution in [0.4, 0.5) is 0 Å². The minimum absolute atomic E-state index is 0.444. The minimum atomic E-state index is 0.444. The molecule has 0 unspecified atom stereocenters. The highest BCUT2D eigenvalue weighted by Crippen LogP contribution is 2.21. The van der Waals surface area contributed by atoms with Gasteiger partial charge in [-0.25, -0.2) is 4.98 Å². The van der Waals surface area contributed by atoms with Gasteiger partial charge >= 0.3 is 0 Å². The van der Waals surface area contributed by atoms with E-state index in [2.05, 4.69) is 48.4 Å². The Labute approximate surface area is 167 Å². The summed E-state index contributed by atoms with van der Waals surface area (Å²) in [5, 5.41) is 0. The average Bonchev–Trinajstić information content (AvgIpc) is 3.05. The molecule has 0 saturated heterocycles. The van der Waals surface area contributed by atoms with Crippen molar-refractivity contribution in [2.75, 3.05) is 26.2 Å². The van der Waals surface area contributed by atoms with Crippen LogP contribution in [0.15, 0.2) is 42.5 Å². The van der Waals surface area contributed by atoms with Crippen molar-refractivity contribution in [3.63, 3.8) is 0 Å². The lowest BCUT2D eigenvalue weighted by Crippen LogP contribution is -2.27. The normalized spacial score (nSPS) is 11.3. The molecule has 0 saturated carbocycles. The number of aryl methyl sites for hydroxylation is 1. The maximum absolute atomic E-state index is 6.03. The number of aromatic nitrogens is 2. The van der Waals surface area contributed by atoms with Crippen LogP contribution in [0.3, 0.4) is 0 Å². The maximum atomic E-state index is 6.03. The van der Waals surface area contributed by atoms with Gasteiger partial charge in [-0.2, -0.15) is 0 Å². The van der Waals surface area contributed by atoms with Crippen LogP contribution in [0.2, 0.25) is 0 Å². The predicted molar refractivity (Wildman–Crippen MR) is 114 cm³/mol. The molecule has 0 aliphatic heterocycles. The van der Waals surface area contributed by atoms with Crippen molar-refractivity contribution in [2.24, 2.45) is 0 Å². The molecule has 3 rings (SSSR count). The van der Waals surface area contributed by atoms with Crippen LogP contribution in [0.1, 0.15) is 32.2 Å². The summed E-state index contributed by atoms with van der Waals surface area (Å²) < 4.78 is 13.8. The van der Waals surface area contributed by atoms with Gasteiger partial charge in [0.2, 0.25) is 0 Å². The average molecular weight is 382 g/mol. The van der Waals surface area contributed by atoms with Gasteiger partial charge in [-0.15, -0.1) is 0 Å². The Bertz CT molecular complexity index is 883. The van der Waals surface area contributed by atoms with E-state index in [4.69, 9.17) is 14.5 Å². The van der Waals surface area contributed by atoms with E-state index < -0.39 is 0 Å². The third-order valence-electron chi connectivity index (χ3n) is 5.02. The molecule has 2 aromatic carbocycles. The first-order chi connectivity index (χ1) is 13.6. The standard InChI is InChI=1S/C23H31N3O2/c1-5-25(6-2)14-15-26-22-13-8-18(4)16-21(22)24-23(26)17-28-20-11-9-19(10-12-20)27-7-3/h8-13,16H,5-7,14-15,17H2,1-4H3. The van der Waals surface area contributed by atoms with Crippen molar-refractivity contribution < 1.29 is 9.47 Å². The Morgan fingerprint density at radius 1 is 0.929 bits per heavy atom. The van der Waals surface area contributed by atoms with E-state index in [1.165, 1.54) is 11.1 Å². The van der Waals surface area contributed by atoms with Crippen LogP contribution in [-0.4, -0.2) is 40.7 Å². The Morgan fingerprint density at radius 2 is 1.61 bits per heavy atom. The van der Waals surface area contributed by atoms with Gasteiger partial charge in [0.25, 0.3) is 0 Å². The SMILES string of the molecule is CCOc1ccc(OCc2nc3cc(C)ccc3n2CCN(CC)CC)cc1. The van der Waals surface area contributed by atoms with Gasteiger partial charge in [0.05, 0.1) is 17.6 Å². The molecule has 0 fully saturated rings. The third-order valence-corrected chi connectivity index (χ3v) is 5.02. The van der Waals surface area contributed by atoms with E-state index in [0.717, 1.165) is 49.0 Å². The molecule has 0 N–H and O–H groups in total. The molecule has 0 spiro atoms. The zero-order chi connectivity index (χ0) is 19.9. The van der Waals surface area contributed by atoms with E-state index in [-0.39, 0.29) is 0 Å². The maximum Gasteiger partial charge on any atom is 0.148 e. The number of likely N-dealkylation sites (N-methyl/N-ethyl adjacent to an activating group) is 1. The molecule has 5 nitrogen and oxygen atoms in total. The molecule has 0 radical (unpaired) electrons. The second kappa shape index (κ2) is 9.60. The molecule has 28 heavy (non-hydrogen) atoms. The second-order valence-corrected chi connectivity index (χ2v) is 6.89. The van der Waals surface area contributed by atoms with Crippen LogP contribution in [0, 0.1) is 6.92 Å². The van der Waals surface area contributed by atoms with E-state index >= 15 is 0 Å². The summed E-state index contributed by atoms with van der Waals surface area (Å²) in [5.41, 5.74) is 3.42. The van der Waals surface area contributed by atoms with Crippen LogP contribution in [-0.2, 0) is 13.2 Å². The molecule has 0 aliphatic rings. The Kier molecular flexibility index (Phi) is 6.93. The predicted octanol–water partition coefficient (Wildman–Crippen LogP) is 4.66. The molecule has 0 amide bonds. The molecule has 0 bridgehead atoms. The fourth-order valence-electron chi connectivity index (χ4n) is 3.38. The number of hydrogen-bond donors (Lipinski definition) is 0. The summed E-state index contributed by atoms with van der Waals surface area (Å²) in [6.07, 6.45) is 0. The lowest BCUT2D eigenvalue weighted by Gasteiger charge is -2.19. The van der Waals surface area contributed by atoms with Crippen LogP contribution >= 0.6 is 0 Å². The molecule has 1 heterocycles. The summed E-state index contributed by atoms with van der Waals surface area (Å²) in [4.78, 5) is 7.29. The van der Waals surface area contributed by atoms with Crippen molar-refractivity contribution in [1.82, 2.24) is 14.5 Å². The highest BCUT2D eigenvalue weighted by Gasteiger charge is 2.13. The summed E-state index contributed by atoms with van der Waals surface area (Å²) in [5.74, 6) is 2.64. The topological polar surface area (TPSA) is 39.5 Å². The van der Waals surface area contributed by atoms with Crippen molar-refractivity contribution >= 4 is 11.0 Å². The molecule has 150 valence electrons. The number of benzene rings is 2. The minimum Gasteiger partial charge on any atom is -0.494 e. The number of nitrogens with zero attached hydrogens (tertiary/aromatic N) is 3. The highest BCUT2D eigenvalue weighted by atomic mass is 16.5. The van der Waals surface area contributed by atoms with Gasteiger partial charge in [-0.1, -0.05) is 19.9 Å². The summed E-state index contributed by atoms with van der Waals surface area (Å²) in [6, 6.07) is 14.2. The van der Waals surface area contributed by atoms with E-state index in [1.807, 2.05) is 31.2 Å². The van der Waals surface area contributed by atoms with Gasteiger partial charge < -0.3 is 18.9 Å². The Morgan fingerprint density at radius 3 is 2.25 bits per heavy atom. The Balaban J connectivity index is 1.79. The zero-order valence-corrected chi connectivity index (χ0v) is 17.4. The van der Waals surface area contributed by atoms with Crippen molar-refractivity contribution in [3.05, 3.63) is 53.9 Å². The molecule has 0 atom stereocenters. The first-order valence-electron chi connectivity index (χ1n) is 10.2. The molecule has 5 heteroatoms. The van der Waals surface area contributed by atoms with E-state index in [0.29, 0.717) is 13.2 Å². The van der Waals surface area contributed by atoms with Gasteiger partial charge in [-0.3, -0.25) is 0 Å². The Hall–Kier alpha value is -2.53. The van der Waals surface area contributed by atoms with E-state index in [1.54, 1.807) is 0 Å². The number of fused-ring (bicyclic) bond motifs is 1. The number of rotatable bonds is 10. The molecular formula is C23H31N3O2. The largest absolute Gasteiger partial charge is 0.494 e. The first-order valence-corrected chi connectivity index (χ1v) is 10.2. The molecule has 1 aromatic heterocycles. The summed E-state index contributed by atoms with van der Waals surface area (Å²) in [7, 11) is 0. The van der Waals surface area contributed by atoms with E-state index in [9.17, 15) is 0 Å². The van der Waals surface area contributed by atoms with Gasteiger partial charge in [0, 0.05) is 13.1 Å². The second-order valence-electron chi connectivity index (χ2n) is 6.89. The van der Waals surface area contributed by atoms with Crippen LogP contribution in [0.5, 0.6) is 11.5 Å².